The van der Waals surface area contributed by atoms with Gasteiger partial charge < -0.3 is 9.84 Å². The van der Waals surface area contributed by atoms with E-state index in [2.05, 4.69) is 13.5 Å². The highest BCUT2D eigenvalue weighted by atomic mass is 16.5. The topological polar surface area (TPSA) is 29.5 Å². The smallest absolute Gasteiger partial charge is 0.119 e. The molecule has 1 atom stereocenters. The summed E-state index contributed by atoms with van der Waals surface area (Å²) in [6, 6.07) is 7.67. The summed E-state index contributed by atoms with van der Waals surface area (Å²) in [4.78, 5) is 0. The summed E-state index contributed by atoms with van der Waals surface area (Å²) in [5.74, 6) is 0.857. The molecule has 1 aromatic carbocycles. The van der Waals surface area contributed by atoms with Gasteiger partial charge in [-0.05, 0) is 43.9 Å². The Bertz CT molecular complexity index is 338. The van der Waals surface area contributed by atoms with E-state index >= 15 is 0 Å². The van der Waals surface area contributed by atoms with E-state index < -0.39 is 5.60 Å². The first-order chi connectivity index (χ1) is 8.10. The summed E-state index contributed by atoms with van der Waals surface area (Å²) in [5, 5.41) is 10.3. The van der Waals surface area contributed by atoms with E-state index in [1.165, 1.54) is 0 Å². The Morgan fingerprint density at radius 2 is 2.00 bits per heavy atom. The summed E-state index contributed by atoms with van der Waals surface area (Å²) in [6.45, 7) is 8.31. The van der Waals surface area contributed by atoms with E-state index in [1.807, 2.05) is 37.3 Å². The summed E-state index contributed by atoms with van der Waals surface area (Å²) in [6.07, 6.45) is 4.32. The molecule has 1 unspecified atom stereocenters. The van der Waals surface area contributed by atoms with Crippen molar-refractivity contribution in [3.8, 4) is 5.75 Å². The Kier molecular flexibility index (Phi) is 5.23. The molecular weight excluding hydrogens is 212 g/mol. The molecule has 2 nitrogen and oxygen atoms in total. The molecule has 0 heterocycles. The van der Waals surface area contributed by atoms with Crippen LogP contribution in [0.2, 0.25) is 0 Å². The first-order valence-corrected chi connectivity index (χ1v) is 6.16. The molecule has 0 aromatic heterocycles. The van der Waals surface area contributed by atoms with E-state index in [-0.39, 0.29) is 0 Å². The molecule has 0 saturated carbocycles. The van der Waals surface area contributed by atoms with Crippen molar-refractivity contribution in [3.63, 3.8) is 0 Å². The summed E-state index contributed by atoms with van der Waals surface area (Å²) >= 11 is 0. The van der Waals surface area contributed by atoms with Crippen LogP contribution in [-0.4, -0.2) is 11.7 Å². The van der Waals surface area contributed by atoms with Gasteiger partial charge in [0.05, 0.1) is 12.2 Å². The van der Waals surface area contributed by atoms with Crippen LogP contribution in [0.25, 0.3) is 0 Å². The Morgan fingerprint density at radius 3 is 2.53 bits per heavy atom. The Balaban J connectivity index is 2.68. The first-order valence-electron chi connectivity index (χ1n) is 6.16. The third-order valence-corrected chi connectivity index (χ3v) is 2.78. The summed E-state index contributed by atoms with van der Waals surface area (Å²) in [7, 11) is 0. The van der Waals surface area contributed by atoms with Gasteiger partial charge >= 0.3 is 0 Å². The zero-order valence-corrected chi connectivity index (χ0v) is 10.8. The van der Waals surface area contributed by atoms with Crippen molar-refractivity contribution in [1.82, 2.24) is 0 Å². The van der Waals surface area contributed by atoms with Crippen LogP contribution >= 0.6 is 0 Å². The lowest BCUT2D eigenvalue weighted by atomic mass is 9.91. The van der Waals surface area contributed by atoms with Crippen LogP contribution in [0.15, 0.2) is 36.9 Å². The molecule has 0 aliphatic heterocycles. The maximum atomic E-state index is 10.3. The van der Waals surface area contributed by atoms with Crippen LogP contribution in [0, 0.1) is 0 Å². The quantitative estimate of drug-likeness (QED) is 0.730. The molecule has 0 aliphatic carbocycles. The van der Waals surface area contributed by atoms with Gasteiger partial charge in [0.25, 0.3) is 0 Å². The predicted molar refractivity (Wildman–Crippen MR) is 71.2 cm³/mol. The summed E-state index contributed by atoms with van der Waals surface area (Å²) in [5.41, 5.74) is 0.125. The number of hydrogen-bond donors (Lipinski definition) is 1. The van der Waals surface area contributed by atoms with E-state index in [0.29, 0.717) is 6.42 Å². The minimum Gasteiger partial charge on any atom is -0.494 e. The fraction of sp³-hybridized carbons (Fsp3) is 0.467. The molecular formula is C15H22O2. The predicted octanol–water partition coefficient (Wildman–Crippen LogP) is 3.65. The second kappa shape index (κ2) is 6.45. The van der Waals surface area contributed by atoms with E-state index in [9.17, 15) is 5.11 Å². The van der Waals surface area contributed by atoms with Crippen molar-refractivity contribution in [1.29, 1.82) is 0 Å². The minimum absolute atomic E-state index is 0.686. The van der Waals surface area contributed by atoms with Crippen LogP contribution in [0.1, 0.15) is 38.7 Å². The SMILES string of the molecule is C=CCCC(C)(O)c1ccc(OCCC)cc1. The Hall–Kier alpha value is -1.28. The number of ether oxygens (including phenoxy) is 1. The number of hydrogen-bond acceptors (Lipinski definition) is 2. The molecule has 94 valence electrons. The van der Waals surface area contributed by atoms with Gasteiger partial charge in [-0.25, -0.2) is 0 Å². The second-order valence-electron chi connectivity index (χ2n) is 4.47. The maximum absolute atomic E-state index is 10.3. The third kappa shape index (κ3) is 4.23. The molecule has 1 aromatic rings. The van der Waals surface area contributed by atoms with Gasteiger partial charge in [-0.15, -0.1) is 6.58 Å². The average Bonchev–Trinajstić information content (AvgIpc) is 2.34. The number of rotatable bonds is 7. The van der Waals surface area contributed by atoms with Crippen molar-refractivity contribution in [3.05, 3.63) is 42.5 Å². The van der Waals surface area contributed by atoms with Crippen LogP contribution in [0.4, 0.5) is 0 Å². The number of aliphatic hydroxyl groups is 1. The van der Waals surface area contributed by atoms with Gasteiger partial charge in [0.1, 0.15) is 5.75 Å². The second-order valence-corrected chi connectivity index (χ2v) is 4.47. The number of allylic oxidation sites excluding steroid dienone is 1. The Morgan fingerprint density at radius 1 is 1.35 bits per heavy atom. The average molecular weight is 234 g/mol. The highest BCUT2D eigenvalue weighted by Crippen LogP contribution is 2.27. The van der Waals surface area contributed by atoms with Gasteiger partial charge in [0, 0.05) is 0 Å². The van der Waals surface area contributed by atoms with Crippen LogP contribution in [0.5, 0.6) is 5.75 Å². The molecule has 0 fully saturated rings. The lowest BCUT2D eigenvalue weighted by molar-refractivity contribution is 0.0488. The lowest BCUT2D eigenvalue weighted by Crippen LogP contribution is -2.20. The van der Waals surface area contributed by atoms with Gasteiger partial charge in [0.2, 0.25) is 0 Å². The van der Waals surface area contributed by atoms with Crippen molar-refractivity contribution in [2.24, 2.45) is 0 Å². The molecule has 1 N–H and O–H groups in total. The van der Waals surface area contributed by atoms with Gasteiger partial charge in [0.15, 0.2) is 0 Å². The molecule has 1 rings (SSSR count). The minimum atomic E-state index is -0.794. The zero-order chi connectivity index (χ0) is 12.7. The van der Waals surface area contributed by atoms with Crippen molar-refractivity contribution < 1.29 is 9.84 Å². The van der Waals surface area contributed by atoms with Crippen molar-refractivity contribution >= 4 is 0 Å². The van der Waals surface area contributed by atoms with E-state index in [0.717, 1.165) is 30.8 Å². The molecule has 0 radical (unpaired) electrons. The fourth-order valence-electron chi connectivity index (χ4n) is 1.66. The van der Waals surface area contributed by atoms with Crippen LogP contribution in [-0.2, 0) is 5.60 Å². The van der Waals surface area contributed by atoms with Crippen LogP contribution < -0.4 is 4.74 Å². The molecule has 17 heavy (non-hydrogen) atoms. The van der Waals surface area contributed by atoms with Crippen molar-refractivity contribution in [2.45, 2.75) is 38.7 Å². The first kappa shape index (κ1) is 13.8. The highest BCUT2D eigenvalue weighted by molar-refractivity contribution is 5.30. The Labute approximate surface area is 104 Å². The zero-order valence-electron chi connectivity index (χ0n) is 10.8. The van der Waals surface area contributed by atoms with Gasteiger partial charge in [-0.3, -0.25) is 0 Å². The standard InChI is InChI=1S/C15H22O2/c1-4-6-11-15(3,16)13-7-9-14(10-8-13)17-12-5-2/h4,7-10,16H,1,5-6,11-12H2,2-3H3. The lowest BCUT2D eigenvalue weighted by Gasteiger charge is -2.23. The van der Waals surface area contributed by atoms with E-state index in [4.69, 9.17) is 4.74 Å². The summed E-state index contributed by atoms with van der Waals surface area (Å²) < 4.78 is 5.51. The normalized spacial score (nSPS) is 14.1. The molecule has 2 heteroatoms. The highest BCUT2D eigenvalue weighted by Gasteiger charge is 2.21. The fourth-order valence-corrected chi connectivity index (χ4v) is 1.66. The largest absolute Gasteiger partial charge is 0.494 e. The van der Waals surface area contributed by atoms with Gasteiger partial charge in [-0.1, -0.05) is 25.1 Å². The van der Waals surface area contributed by atoms with Crippen molar-refractivity contribution in [2.75, 3.05) is 6.61 Å². The van der Waals surface area contributed by atoms with E-state index in [1.54, 1.807) is 0 Å². The third-order valence-electron chi connectivity index (χ3n) is 2.78. The molecule has 0 spiro atoms. The molecule has 0 saturated heterocycles. The molecule has 0 amide bonds. The van der Waals surface area contributed by atoms with Crippen LogP contribution in [0.3, 0.4) is 0 Å². The van der Waals surface area contributed by atoms with Gasteiger partial charge in [-0.2, -0.15) is 0 Å². The monoisotopic (exact) mass is 234 g/mol. The maximum Gasteiger partial charge on any atom is 0.119 e. The number of benzene rings is 1. The molecule has 0 aliphatic rings. The molecule has 0 bridgehead atoms.